The molecule has 0 aromatic rings. The summed E-state index contributed by atoms with van der Waals surface area (Å²) < 4.78 is 20.9. The molecule has 12 heavy (non-hydrogen) atoms. The Bertz CT molecular complexity index is 248. The van der Waals surface area contributed by atoms with Gasteiger partial charge < -0.3 is 19.6 Å². The molecule has 0 aromatic carbocycles. The fourth-order valence-electron chi connectivity index (χ4n) is 0.289. The van der Waals surface area contributed by atoms with Gasteiger partial charge in [-0.3, -0.25) is 13.9 Å². The largest absolute Gasteiger partial charge is 0.351 e. The van der Waals surface area contributed by atoms with E-state index in [1.807, 2.05) is 0 Å². The van der Waals surface area contributed by atoms with E-state index in [4.69, 9.17) is 19.6 Å². The molecule has 0 bridgehead atoms. The predicted molar refractivity (Wildman–Crippen MR) is 38.2 cm³/mol. The first-order chi connectivity index (χ1) is 5.06. The second-order valence-electron chi connectivity index (χ2n) is 2.21. The molecule has 0 aliphatic rings. The lowest BCUT2D eigenvalue weighted by Gasteiger charge is -2.23. The normalized spacial score (nSPS) is 14.4. The standard InChI is InChI=1S/C3H7O7P2/c1-3(2-4,11(5,6)7)12(8,9)10/h1H3,(H2,5,6,7)(H2,8,9,10). The van der Waals surface area contributed by atoms with Crippen LogP contribution < -0.4 is 0 Å². The first kappa shape index (κ1) is 12.0. The lowest BCUT2D eigenvalue weighted by atomic mass is 10.5. The first-order valence-corrected chi connectivity index (χ1v) is 5.79. The van der Waals surface area contributed by atoms with Crippen LogP contribution in [0, 0.1) is 0 Å². The number of rotatable bonds is 3. The molecule has 0 saturated carbocycles. The highest BCUT2D eigenvalue weighted by Crippen LogP contribution is 2.67. The quantitative estimate of drug-likeness (QED) is 0.453. The molecular formula is C3H7O7P2. The summed E-state index contributed by atoms with van der Waals surface area (Å²) in [5.41, 5.74) is 0. The molecule has 0 aliphatic heterocycles. The molecule has 0 unspecified atom stereocenters. The van der Waals surface area contributed by atoms with Crippen molar-refractivity contribution in [1.82, 2.24) is 0 Å². The van der Waals surface area contributed by atoms with Crippen LogP contribution in [0.3, 0.4) is 0 Å². The zero-order chi connectivity index (χ0) is 10.2. The van der Waals surface area contributed by atoms with Crippen molar-refractivity contribution >= 4 is 21.5 Å². The van der Waals surface area contributed by atoms with Gasteiger partial charge >= 0.3 is 15.2 Å². The Labute approximate surface area is 67.7 Å². The molecule has 9 heteroatoms. The third-order valence-corrected chi connectivity index (χ3v) is 5.34. The van der Waals surface area contributed by atoms with E-state index in [-0.39, 0.29) is 0 Å². The van der Waals surface area contributed by atoms with E-state index in [1.165, 1.54) is 0 Å². The molecule has 0 rings (SSSR count). The summed E-state index contributed by atoms with van der Waals surface area (Å²) in [6.07, 6.45) is 0.682. The van der Waals surface area contributed by atoms with E-state index in [0.29, 0.717) is 13.2 Å². The summed E-state index contributed by atoms with van der Waals surface area (Å²) in [5, 5.41) is 0. The van der Waals surface area contributed by atoms with Gasteiger partial charge in [-0.25, -0.2) is 0 Å². The molecule has 0 heterocycles. The molecular weight excluding hydrogens is 210 g/mol. The Kier molecular flexibility index (Phi) is 3.02. The zero-order valence-corrected chi connectivity index (χ0v) is 7.70. The number of hydrogen-bond donors (Lipinski definition) is 4. The molecule has 4 N–H and O–H groups in total. The van der Waals surface area contributed by atoms with Gasteiger partial charge in [0, 0.05) is 0 Å². The summed E-state index contributed by atoms with van der Waals surface area (Å²) in [6, 6.07) is 0. The monoisotopic (exact) mass is 217 g/mol. The fraction of sp³-hybridized carbons (Fsp3) is 0.667. The highest BCUT2D eigenvalue weighted by molar-refractivity contribution is 7.73. The lowest BCUT2D eigenvalue weighted by Crippen LogP contribution is -2.26. The predicted octanol–water partition coefficient (Wildman–Crippen LogP) is -0.832. The molecule has 0 spiro atoms. The van der Waals surface area contributed by atoms with Crippen LogP contribution >= 0.6 is 15.2 Å². The van der Waals surface area contributed by atoms with Crippen molar-refractivity contribution in [3.63, 3.8) is 0 Å². The van der Waals surface area contributed by atoms with Crippen LogP contribution in [0.4, 0.5) is 0 Å². The Morgan fingerprint density at radius 2 is 1.33 bits per heavy atom. The van der Waals surface area contributed by atoms with Crippen LogP contribution in [0.25, 0.3) is 0 Å². The second kappa shape index (κ2) is 3.03. The fourth-order valence-corrected chi connectivity index (χ4v) is 1.88. The van der Waals surface area contributed by atoms with Gasteiger partial charge in [0.05, 0.1) is 0 Å². The van der Waals surface area contributed by atoms with Crippen molar-refractivity contribution in [2.75, 3.05) is 0 Å². The topological polar surface area (TPSA) is 132 Å². The maximum Gasteiger partial charge on any atom is 0.351 e. The summed E-state index contributed by atoms with van der Waals surface area (Å²) in [5.74, 6) is 0. The zero-order valence-electron chi connectivity index (χ0n) is 5.91. The molecule has 0 aliphatic carbocycles. The smallest absolute Gasteiger partial charge is 0.323 e. The molecule has 7 nitrogen and oxygen atoms in total. The Hall–Kier alpha value is -0.0300. The van der Waals surface area contributed by atoms with Gasteiger partial charge in [-0.2, -0.15) is 0 Å². The van der Waals surface area contributed by atoms with Crippen LogP contribution in [-0.2, 0) is 13.9 Å². The van der Waals surface area contributed by atoms with E-state index < -0.39 is 20.1 Å². The van der Waals surface area contributed by atoms with Crippen molar-refractivity contribution in [3.05, 3.63) is 0 Å². The summed E-state index contributed by atoms with van der Waals surface area (Å²) in [7, 11) is -10.4. The minimum atomic E-state index is -5.20. The molecule has 0 saturated heterocycles. The highest BCUT2D eigenvalue weighted by Gasteiger charge is 2.57. The molecule has 0 atom stereocenters. The molecule has 71 valence electrons. The third kappa shape index (κ3) is 1.82. The van der Waals surface area contributed by atoms with Crippen molar-refractivity contribution in [2.45, 2.75) is 11.8 Å². The van der Waals surface area contributed by atoms with E-state index in [1.54, 1.807) is 0 Å². The number of carbonyl (C=O) groups excluding carboxylic acids is 1. The second-order valence-corrected chi connectivity index (χ2v) is 6.53. The van der Waals surface area contributed by atoms with Gasteiger partial charge in [-0.05, 0) is 6.92 Å². The van der Waals surface area contributed by atoms with Gasteiger partial charge in [0.2, 0.25) is 11.2 Å². The van der Waals surface area contributed by atoms with Crippen molar-refractivity contribution in [3.8, 4) is 0 Å². The molecule has 0 aromatic heterocycles. The van der Waals surface area contributed by atoms with Gasteiger partial charge in [-0.1, -0.05) is 0 Å². The first-order valence-electron chi connectivity index (χ1n) is 2.57. The van der Waals surface area contributed by atoms with Crippen molar-refractivity contribution < 1.29 is 33.5 Å². The van der Waals surface area contributed by atoms with Crippen LogP contribution in [0.1, 0.15) is 6.92 Å². The summed E-state index contributed by atoms with van der Waals surface area (Å²) >= 11 is 0. The van der Waals surface area contributed by atoms with Crippen LogP contribution in [0.2, 0.25) is 0 Å². The Balaban J connectivity index is 5.40. The summed E-state index contributed by atoms with van der Waals surface area (Å²) in [6.45, 7) is 0.460. The maximum absolute atomic E-state index is 10.5. The van der Waals surface area contributed by atoms with E-state index >= 15 is 0 Å². The molecule has 0 amide bonds. The van der Waals surface area contributed by atoms with Crippen LogP contribution in [0.15, 0.2) is 0 Å². The number of hydrogen-bond acceptors (Lipinski definition) is 3. The van der Waals surface area contributed by atoms with Gasteiger partial charge in [0.1, 0.15) is 0 Å². The minimum Gasteiger partial charge on any atom is -0.323 e. The van der Waals surface area contributed by atoms with Crippen LogP contribution in [0.5, 0.6) is 0 Å². The lowest BCUT2D eigenvalue weighted by molar-refractivity contribution is 0.328. The van der Waals surface area contributed by atoms with Gasteiger partial charge in [0.25, 0.3) is 0 Å². The van der Waals surface area contributed by atoms with Gasteiger partial charge in [0.15, 0.2) is 0 Å². The van der Waals surface area contributed by atoms with E-state index in [2.05, 4.69) is 0 Å². The highest BCUT2D eigenvalue weighted by atomic mass is 31.2. The van der Waals surface area contributed by atoms with E-state index in [9.17, 15) is 13.9 Å². The Morgan fingerprint density at radius 3 is 1.33 bits per heavy atom. The maximum atomic E-state index is 10.5. The SMILES string of the molecule is CC([C]=O)(P(=O)(O)O)P(=O)(O)O. The average Bonchev–Trinajstić information content (AvgIpc) is 1.81. The summed E-state index contributed by atoms with van der Waals surface area (Å²) in [4.78, 5) is 40.7. The van der Waals surface area contributed by atoms with Gasteiger partial charge in [-0.15, -0.1) is 0 Å². The molecule has 1 radical (unpaired) electrons. The van der Waals surface area contributed by atoms with Crippen molar-refractivity contribution in [2.24, 2.45) is 0 Å². The molecule has 0 fully saturated rings. The third-order valence-electron chi connectivity index (χ3n) is 1.33. The minimum absolute atomic E-state index is 0.460. The average molecular weight is 217 g/mol. The Morgan fingerprint density at radius 1 is 1.08 bits per heavy atom. The van der Waals surface area contributed by atoms with Crippen LogP contribution in [-0.4, -0.2) is 30.8 Å². The van der Waals surface area contributed by atoms with Crippen molar-refractivity contribution in [1.29, 1.82) is 0 Å². The van der Waals surface area contributed by atoms with E-state index in [0.717, 1.165) is 0 Å².